The van der Waals surface area contributed by atoms with E-state index in [1.807, 2.05) is 42.5 Å². The molecule has 2 N–H and O–H groups in total. The summed E-state index contributed by atoms with van der Waals surface area (Å²) >= 11 is 1.36. The lowest BCUT2D eigenvalue weighted by molar-refractivity contribution is 0.0679. The second-order valence-electron chi connectivity index (χ2n) is 8.12. The molecule has 0 radical (unpaired) electrons. The van der Waals surface area contributed by atoms with Gasteiger partial charge in [-0.3, -0.25) is 9.47 Å². The van der Waals surface area contributed by atoms with Gasteiger partial charge in [-0.2, -0.15) is 0 Å². The Hall–Kier alpha value is -4.11. The van der Waals surface area contributed by atoms with Gasteiger partial charge in [0.05, 0.1) is 6.04 Å². The van der Waals surface area contributed by atoms with Crippen molar-refractivity contribution in [3.8, 4) is 5.75 Å². The van der Waals surface area contributed by atoms with Gasteiger partial charge >= 0.3 is 5.97 Å². The zero-order valence-corrected chi connectivity index (χ0v) is 19.6. The van der Waals surface area contributed by atoms with Crippen LogP contribution in [0.3, 0.4) is 0 Å². The first-order valence-corrected chi connectivity index (χ1v) is 12.0. The zero-order valence-electron chi connectivity index (χ0n) is 18.8. The molecule has 0 bridgehead atoms. The van der Waals surface area contributed by atoms with Crippen LogP contribution in [0.1, 0.15) is 38.8 Å². The third-order valence-corrected chi connectivity index (χ3v) is 7.01. The van der Waals surface area contributed by atoms with Crippen LogP contribution in [0.2, 0.25) is 0 Å². The van der Waals surface area contributed by atoms with Gasteiger partial charge in [0, 0.05) is 28.5 Å². The van der Waals surface area contributed by atoms with Gasteiger partial charge in [-0.1, -0.05) is 54.6 Å². The number of rotatable bonds is 6. The number of aromatic nitrogens is 1. The predicted octanol–water partition coefficient (Wildman–Crippen LogP) is 5.34. The van der Waals surface area contributed by atoms with Crippen molar-refractivity contribution >= 4 is 17.7 Å². The average Bonchev–Trinajstić information content (AvgIpc) is 3.04. The van der Waals surface area contributed by atoms with Crippen molar-refractivity contribution in [2.45, 2.75) is 23.3 Å². The molecule has 1 aliphatic heterocycles. The SMILES string of the molecule is O=C(O)c1c(OCc2ccccc2)c(=O)ccn1NC1c2ccccc2SCc2c1ccc(F)c2F. The molecule has 3 aromatic carbocycles. The molecule has 36 heavy (non-hydrogen) atoms. The lowest BCUT2D eigenvalue weighted by Gasteiger charge is -2.26. The van der Waals surface area contributed by atoms with Crippen LogP contribution in [0.15, 0.2) is 88.7 Å². The molecule has 2 heterocycles. The molecular weight excluding hydrogens is 486 g/mol. The summed E-state index contributed by atoms with van der Waals surface area (Å²) in [5.41, 5.74) is 4.29. The Morgan fingerprint density at radius 3 is 2.56 bits per heavy atom. The third kappa shape index (κ3) is 4.45. The fourth-order valence-electron chi connectivity index (χ4n) is 4.17. The Morgan fingerprint density at radius 2 is 1.78 bits per heavy atom. The van der Waals surface area contributed by atoms with Crippen molar-refractivity contribution in [2.24, 2.45) is 0 Å². The van der Waals surface area contributed by atoms with E-state index in [0.29, 0.717) is 5.56 Å². The number of fused-ring (bicyclic) bond motifs is 2. The van der Waals surface area contributed by atoms with E-state index < -0.39 is 34.8 Å². The lowest BCUT2D eigenvalue weighted by Crippen LogP contribution is -2.30. The summed E-state index contributed by atoms with van der Waals surface area (Å²) in [6, 6.07) is 19.4. The molecule has 0 saturated heterocycles. The molecule has 0 aliphatic carbocycles. The van der Waals surface area contributed by atoms with E-state index in [9.17, 15) is 23.5 Å². The number of hydrogen-bond donors (Lipinski definition) is 2. The quantitative estimate of drug-likeness (QED) is 0.367. The van der Waals surface area contributed by atoms with Gasteiger partial charge < -0.3 is 15.3 Å². The summed E-state index contributed by atoms with van der Waals surface area (Å²) in [6.07, 6.45) is 1.29. The first kappa shape index (κ1) is 23.6. The zero-order chi connectivity index (χ0) is 25.2. The predicted molar refractivity (Wildman–Crippen MR) is 132 cm³/mol. The molecule has 0 amide bonds. The lowest BCUT2D eigenvalue weighted by atomic mass is 9.95. The maximum atomic E-state index is 14.8. The highest BCUT2D eigenvalue weighted by Gasteiger charge is 2.29. The maximum Gasteiger partial charge on any atom is 0.358 e. The minimum absolute atomic E-state index is 0.00338. The highest BCUT2D eigenvalue weighted by atomic mass is 32.2. The van der Waals surface area contributed by atoms with E-state index in [1.165, 1.54) is 34.8 Å². The van der Waals surface area contributed by atoms with Crippen molar-refractivity contribution in [3.63, 3.8) is 0 Å². The Labute approximate surface area is 209 Å². The van der Waals surface area contributed by atoms with Gasteiger partial charge in [0.25, 0.3) is 0 Å². The molecule has 5 rings (SSSR count). The van der Waals surface area contributed by atoms with E-state index in [4.69, 9.17) is 4.74 Å². The highest BCUT2D eigenvalue weighted by Crippen LogP contribution is 2.41. The largest absolute Gasteiger partial charge is 0.482 e. The van der Waals surface area contributed by atoms with Crippen molar-refractivity contribution in [2.75, 3.05) is 5.43 Å². The molecular formula is C27H20F2N2O4S. The van der Waals surface area contributed by atoms with E-state index in [-0.39, 0.29) is 23.7 Å². The molecule has 9 heteroatoms. The third-order valence-electron chi connectivity index (χ3n) is 5.90. The molecule has 0 fully saturated rings. The van der Waals surface area contributed by atoms with Gasteiger partial charge in [-0.25, -0.2) is 13.6 Å². The van der Waals surface area contributed by atoms with Gasteiger partial charge in [-0.05, 0) is 28.8 Å². The van der Waals surface area contributed by atoms with E-state index in [1.54, 1.807) is 12.1 Å². The summed E-state index contributed by atoms with van der Waals surface area (Å²) in [4.78, 5) is 25.8. The maximum absolute atomic E-state index is 14.8. The van der Waals surface area contributed by atoms with E-state index >= 15 is 0 Å². The normalized spacial score (nSPS) is 14.3. The highest BCUT2D eigenvalue weighted by molar-refractivity contribution is 7.98. The first-order chi connectivity index (χ1) is 17.4. The van der Waals surface area contributed by atoms with Gasteiger partial charge in [0.1, 0.15) is 6.61 Å². The summed E-state index contributed by atoms with van der Waals surface area (Å²) in [6.45, 7) is -0.00338. The minimum Gasteiger partial charge on any atom is -0.482 e. The fourth-order valence-corrected chi connectivity index (χ4v) is 5.29. The number of pyridine rings is 1. The average molecular weight is 507 g/mol. The second kappa shape index (κ2) is 9.87. The van der Waals surface area contributed by atoms with Gasteiger partial charge in [-0.15, -0.1) is 11.8 Å². The number of nitrogens with zero attached hydrogens (tertiary/aromatic N) is 1. The van der Waals surface area contributed by atoms with Crippen LogP contribution in [0.5, 0.6) is 5.75 Å². The van der Waals surface area contributed by atoms with Crippen LogP contribution in [0.25, 0.3) is 0 Å². The summed E-state index contributed by atoms with van der Waals surface area (Å²) in [5.74, 6) is -3.40. The van der Waals surface area contributed by atoms with Crippen LogP contribution in [-0.4, -0.2) is 15.8 Å². The molecule has 4 aromatic rings. The van der Waals surface area contributed by atoms with Crippen LogP contribution in [0.4, 0.5) is 8.78 Å². The molecule has 1 atom stereocenters. The Morgan fingerprint density at radius 1 is 1.03 bits per heavy atom. The van der Waals surface area contributed by atoms with Crippen LogP contribution < -0.4 is 15.6 Å². The number of carboxylic acids is 1. The Kier molecular flexibility index (Phi) is 6.47. The van der Waals surface area contributed by atoms with E-state index in [2.05, 4.69) is 5.43 Å². The molecule has 182 valence electrons. The monoisotopic (exact) mass is 506 g/mol. The molecule has 1 unspecified atom stereocenters. The molecule has 0 spiro atoms. The van der Waals surface area contributed by atoms with Gasteiger partial charge in [0.2, 0.25) is 5.43 Å². The smallest absolute Gasteiger partial charge is 0.358 e. The number of halogens is 2. The second-order valence-corrected chi connectivity index (χ2v) is 9.14. The standard InChI is InChI=1S/C27H20F2N2O4S/c28-20-11-10-17-19(23(20)29)15-36-22-9-5-4-8-18(22)24(17)30-31-13-12-21(32)26(25(31)27(33)34)35-14-16-6-2-1-3-7-16/h1-13,24,30H,14-15H2,(H,33,34). The number of carbonyl (C=O) groups is 1. The molecule has 0 saturated carbocycles. The fraction of sp³-hybridized carbons (Fsp3) is 0.111. The number of benzene rings is 3. The van der Waals surface area contributed by atoms with Crippen molar-refractivity contribution < 1.29 is 23.4 Å². The Bertz CT molecular complexity index is 1510. The minimum atomic E-state index is -1.38. The number of hydrogen-bond acceptors (Lipinski definition) is 5. The van der Waals surface area contributed by atoms with Crippen molar-refractivity contribution in [1.29, 1.82) is 0 Å². The molecule has 6 nitrogen and oxygen atoms in total. The summed E-state index contributed by atoms with van der Waals surface area (Å²) < 4.78 is 35.7. The summed E-state index contributed by atoms with van der Waals surface area (Å²) in [5, 5.41) is 10.0. The van der Waals surface area contributed by atoms with Crippen LogP contribution in [-0.2, 0) is 12.4 Å². The van der Waals surface area contributed by atoms with Crippen LogP contribution >= 0.6 is 11.8 Å². The number of nitrogens with one attached hydrogen (secondary N) is 1. The number of thioether (sulfide) groups is 1. The first-order valence-electron chi connectivity index (χ1n) is 11.0. The summed E-state index contributed by atoms with van der Waals surface area (Å²) in [7, 11) is 0. The van der Waals surface area contributed by atoms with Crippen molar-refractivity contribution in [1.82, 2.24) is 4.68 Å². The van der Waals surface area contributed by atoms with Crippen LogP contribution in [0, 0.1) is 11.6 Å². The molecule has 1 aliphatic rings. The number of ether oxygens (including phenoxy) is 1. The Balaban J connectivity index is 1.61. The van der Waals surface area contributed by atoms with Crippen molar-refractivity contribution in [3.05, 3.63) is 129 Å². The van der Waals surface area contributed by atoms with E-state index in [0.717, 1.165) is 22.1 Å². The van der Waals surface area contributed by atoms with Gasteiger partial charge in [0.15, 0.2) is 23.1 Å². The topological polar surface area (TPSA) is 80.6 Å². The molecule has 1 aromatic heterocycles. The number of aromatic carboxylic acids is 1. The number of carboxylic acid groups (broad SMARTS) is 1.